The van der Waals surface area contributed by atoms with Crippen LogP contribution >= 0.6 is 0 Å². The number of aryl methyl sites for hydroxylation is 1. The van der Waals surface area contributed by atoms with Gasteiger partial charge in [-0.3, -0.25) is 9.89 Å². The maximum atomic E-state index is 12.4. The number of nitrogens with zero attached hydrogens (tertiary/aromatic N) is 3. The van der Waals surface area contributed by atoms with Crippen molar-refractivity contribution in [1.29, 1.82) is 0 Å². The van der Waals surface area contributed by atoms with Crippen molar-refractivity contribution in [1.82, 2.24) is 25.1 Å². The van der Waals surface area contributed by atoms with E-state index < -0.39 is 0 Å². The molecule has 1 unspecified atom stereocenters. The highest BCUT2D eigenvalue weighted by Gasteiger charge is 2.27. The van der Waals surface area contributed by atoms with Crippen LogP contribution in [0.4, 0.5) is 0 Å². The van der Waals surface area contributed by atoms with Crippen LogP contribution in [0.1, 0.15) is 30.3 Å². The van der Waals surface area contributed by atoms with E-state index >= 15 is 0 Å². The van der Waals surface area contributed by atoms with Gasteiger partial charge in [0.1, 0.15) is 5.82 Å². The van der Waals surface area contributed by atoms with Gasteiger partial charge in [-0.05, 0) is 24.6 Å². The molecule has 118 valence electrons. The Morgan fingerprint density at radius 3 is 3.04 bits per heavy atom. The van der Waals surface area contributed by atoms with Crippen LogP contribution in [0.15, 0.2) is 36.5 Å². The summed E-state index contributed by atoms with van der Waals surface area (Å²) in [7, 11) is 0. The minimum atomic E-state index is 0.201. The summed E-state index contributed by atoms with van der Waals surface area (Å²) in [5.74, 6) is 1.46. The molecule has 2 aromatic heterocycles. The highest BCUT2D eigenvalue weighted by Crippen LogP contribution is 2.26. The Labute approximate surface area is 133 Å². The third kappa shape index (κ3) is 2.84. The SMILES string of the molecule is O=C(CCc1nc2ccccc2[nH]1)N1CCC(c2ccn[nH]2)C1. The van der Waals surface area contributed by atoms with Crippen LogP contribution in [-0.4, -0.2) is 44.1 Å². The number of para-hydroxylation sites is 2. The zero-order chi connectivity index (χ0) is 15.6. The predicted molar refractivity (Wildman–Crippen MR) is 86.9 cm³/mol. The van der Waals surface area contributed by atoms with E-state index in [4.69, 9.17) is 0 Å². The fourth-order valence-corrected chi connectivity index (χ4v) is 3.24. The molecule has 1 aliphatic rings. The molecule has 0 aliphatic carbocycles. The summed E-state index contributed by atoms with van der Waals surface area (Å²) in [6.07, 6.45) is 3.91. The van der Waals surface area contributed by atoms with Gasteiger partial charge in [0.15, 0.2) is 0 Å². The van der Waals surface area contributed by atoms with Crippen LogP contribution in [0.2, 0.25) is 0 Å². The fraction of sp³-hybridized carbons (Fsp3) is 0.353. The maximum Gasteiger partial charge on any atom is 0.223 e. The van der Waals surface area contributed by atoms with Crippen molar-refractivity contribution in [3.8, 4) is 0 Å². The van der Waals surface area contributed by atoms with Crippen molar-refractivity contribution >= 4 is 16.9 Å². The van der Waals surface area contributed by atoms with Gasteiger partial charge in [0.05, 0.1) is 11.0 Å². The summed E-state index contributed by atoms with van der Waals surface area (Å²) in [6, 6.07) is 9.93. The van der Waals surface area contributed by atoms with Crippen LogP contribution in [0, 0.1) is 0 Å². The van der Waals surface area contributed by atoms with Gasteiger partial charge in [0.25, 0.3) is 0 Å². The smallest absolute Gasteiger partial charge is 0.223 e. The molecule has 1 aromatic carbocycles. The third-order valence-electron chi connectivity index (χ3n) is 4.52. The van der Waals surface area contributed by atoms with Crippen molar-refractivity contribution in [2.45, 2.75) is 25.2 Å². The number of aromatic amines is 2. The first-order valence-electron chi connectivity index (χ1n) is 8.00. The lowest BCUT2D eigenvalue weighted by Gasteiger charge is -2.15. The number of amides is 1. The van der Waals surface area contributed by atoms with E-state index in [2.05, 4.69) is 20.2 Å². The summed E-state index contributed by atoms with van der Waals surface area (Å²) in [6.45, 7) is 1.60. The quantitative estimate of drug-likeness (QED) is 0.776. The molecule has 1 saturated heterocycles. The first-order chi connectivity index (χ1) is 11.3. The minimum Gasteiger partial charge on any atom is -0.342 e. The number of hydrogen-bond donors (Lipinski definition) is 2. The molecule has 6 nitrogen and oxygen atoms in total. The lowest BCUT2D eigenvalue weighted by atomic mass is 10.1. The van der Waals surface area contributed by atoms with Crippen molar-refractivity contribution in [3.05, 3.63) is 48.0 Å². The van der Waals surface area contributed by atoms with Crippen LogP contribution in [0.25, 0.3) is 11.0 Å². The number of hydrogen-bond acceptors (Lipinski definition) is 3. The Hall–Kier alpha value is -2.63. The van der Waals surface area contributed by atoms with Gasteiger partial charge in [0, 0.05) is 43.7 Å². The van der Waals surface area contributed by atoms with E-state index in [1.165, 1.54) is 0 Å². The number of H-pyrrole nitrogens is 2. The molecule has 1 atom stereocenters. The molecule has 0 spiro atoms. The largest absolute Gasteiger partial charge is 0.342 e. The van der Waals surface area contributed by atoms with Gasteiger partial charge in [-0.2, -0.15) is 5.10 Å². The molecule has 4 rings (SSSR count). The Bertz CT molecular complexity index is 774. The highest BCUT2D eigenvalue weighted by atomic mass is 16.2. The van der Waals surface area contributed by atoms with Crippen molar-refractivity contribution in [2.75, 3.05) is 13.1 Å². The lowest BCUT2D eigenvalue weighted by molar-refractivity contribution is -0.130. The average molecular weight is 309 g/mol. The van der Waals surface area contributed by atoms with Crippen LogP contribution in [0.5, 0.6) is 0 Å². The number of benzene rings is 1. The first kappa shape index (κ1) is 14.0. The second kappa shape index (κ2) is 5.87. The van der Waals surface area contributed by atoms with Gasteiger partial charge in [-0.1, -0.05) is 12.1 Å². The summed E-state index contributed by atoms with van der Waals surface area (Å²) in [4.78, 5) is 22.2. The molecular weight excluding hydrogens is 290 g/mol. The number of nitrogens with one attached hydrogen (secondary N) is 2. The molecule has 1 amide bonds. The molecule has 1 aliphatic heterocycles. The van der Waals surface area contributed by atoms with Crippen LogP contribution in [-0.2, 0) is 11.2 Å². The predicted octanol–water partition coefficient (Wildman–Crippen LogP) is 2.23. The fourth-order valence-electron chi connectivity index (χ4n) is 3.24. The van der Waals surface area contributed by atoms with Gasteiger partial charge >= 0.3 is 0 Å². The monoisotopic (exact) mass is 309 g/mol. The number of likely N-dealkylation sites (tertiary alicyclic amines) is 1. The van der Waals surface area contributed by atoms with E-state index in [-0.39, 0.29) is 5.91 Å². The van der Waals surface area contributed by atoms with E-state index in [0.717, 1.165) is 42.1 Å². The summed E-state index contributed by atoms with van der Waals surface area (Å²) >= 11 is 0. The molecule has 3 aromatic rings. The van der Waals surface area contributed by atoms with Crippen molar-refractivity contribution < 1.29 is 4.79 Å². The van der Waals surface area contributed by atoms with Crippen molar-refractivity contribution in [2.24, 2.45) is 0 Å². The van der Waals surface area contributed by atoms with Crippen LogP contribution < -0.4 is 0 Å². The number of carbonyl (C=O) groups excluding carboxylic acids is 1. The van der Waals surface area contributed by atoms with E-state index in [0.29, 0.717) is 18.8 Å². The topological polar surface area (TPSA) is 77.7 Å². The number of imidazole rings is 1. The summed E-state index contributed by atoms with van der Waals surface area (Å²) in [5, 5.41) is 7.00. The second-order valence-corrected chi connectivity index (χ2v) is 6.04. The zero-order valence-electron chi connectivity index (χ0n) is 12.8. The van der Waals surface area contributed by atoms with Gasteiger partial charge in [-0.25, -0.2) is 4.98 Å². The standard InChI is InChI=1S/C17H19N5O/c23-17(22-10-8-12(11-22)13-7-9-18-21-13)6-5-16-19-14-3-1-2-4-15(14)20-16/h1-4,7,9,12H,5-6,8,10-11H2,(H,18,21)(H,19,20). The number of carbonyl (C=O) groups is 1. The Kier molecular flexibility index (Phi) is 3.57. The van der Waals surface area contributed by atoms with Gasteiger partial charge in [0.2, 0.25) is 5.91 Å². The highest BCUT2D eigenvalue weighted by molar-refractivity contribution is 5.77. The van der Waals surface area contributed by atoms with Crippen molar-refractivity contribution in [3.63, 3.8) is 0 Å². The molecule has 1 fully saturated rings. The molecule has 0 bridgehead atoms. The Balaban J connectivity index is 1.35. The average Bonchev–Trinajstić information content (AvgIpc) is 3.31. The van der Waals surface area contributed by atoms with Gasteiger partial charge < -0.3 is 9.88 Å². The number of rotatable bonds is 4. The van der Waals surface area contributed by atoms with Crippen LogP contribution in [0.3, 0.4) is 0 Å². The molecular formula is C17H19N5O. The van der Waals surface area contributed by atoms with E-state index in [9.17, 15) is 4.79 Å². The Morgan fingerprint density at radius 1 is 1.30 bits per heavy atom. The molecule has 0 radical (unpaired) electrons. The normalized spacial score (nSPS) is 17.9. The van der Waals surface area contributed by atoms with E-state index in [1.54, 1.807) is 6.20 Å². The van der Waals surface area contributed by atoms with E-state index in [1.807, 2.05) is 35.2 Å². The first-order valence-corrected chi connectivity index (χ1v) is 8.00. The molecule has 23 heavy (non-hydrogen) atoms. The maximum absolute atomic E-state index is 12.4. The number of aromatic nitrogens is 4. The summed E-state index contributed by atoms with van der Waals surface area (Å²) < 4.78 is 0. The third-order valence-corrected chi connectivity index (χ3v) is 4.52. The van der Waals surface area contributed by atoms with Gasteiger partial charge in [-0.15, -0.1) is 0 Å². The summed E-state index contributed by atoms with van der Waals surface area (Å²) in [5.41, 5.74) is 3.10. The molecule has 6 heteroatoms. The molecule has 0 saturated carbocycles. The Morgan fingerprint density at radius 2 is 2.22 bits per heavy atom. The second-order valence-electron chi connectivity index (χ2n) is 6.04. The number of fused-ring (bicyclic) bond motifs is 1. The minimum absolute atomic E-state index is 0.201. The molecule has 2 N–H and O–H groups in total. The lowest BCUT2D eigenvalue weighted by Crippen LogP contribution is -2.28. The molecule has 3 heterocycles. The zero-order valence-corrected chi connectivity index (χ0v) is 12.8.